The standard InChI is InChI=1S/C15H16N2O3/c1-10(18)12-4-5-14(15(8-12)19-3)20-11(2)13-9-16-6-7-17-13/h4-9,11H,1-3H3. The average Bonchev–Trinajstić information content (AvgIpc) is 2.48. The zero-order valence-corrected chi connectivity index (χ0v) is 11.7. The number of rotatable bonds is 5. The first-order valence-corrected chi connectivity index (χ1v) is 6.23. The molecular weight excluding hydrogens is 256 g/mol. The fraction of sp³-hybridized carbons (Fsp3) is 0.267. The third-order valence-electron chi connectivity index (χ3n) is 2.87. The van der Waals surface area contributed by atoms with Crippen LogP contribution in [0.3, 0.4) is 0 Å². The quantitative estimate of drug-likeness (QED) is 0.783. The van der Waals surface area contributed by atoms with Gasteiger partial charge < -0.3 is 9.47 Å². The highest BCUT2D eigenvalue weighted by Crippen LogP contribution is 2.31. The van der Waals surface area contributed by atoms with E-state index >= 15 is 0 Å². The highest BCUT2D eigenvalue weighted by molar-refractivity contribution is 5.94. The van der Waals surface area contributed by atoms with E-state index in [2.05, 4.69) is 9.97 Å². The van der Waals surface area contributed by atoms with Crippen molar-refractivity contribution in [3.63, 3.8) is 0 Å². The predicted octanol–water partition coefficient (Wildman–Crippen LogP) is 2.83. The molecular formula is C15H16N2O3. The van der Waals surface area contributed by atoms with Crippen LogP contribution in [0.1, 0.15) is 36.0 Å². The molecule has 0 amide bonds. The van der Waals surface area contributed by atoms with Crippen molar-refractivity contribution in [2.45, 2.75) is 20.0 Å². The zero-order valence-electron chi connectivity index (χ0n) is 11.7. The molecule has 0 N–H and O–H groups in total. The predicted molar refractivity (Wildman–Crippen MR) is 74.1 cm³/mol. The zero-order chi connectivity index (χ0) is 14.5. The Kier molecular flexibility index (Phi) is 4.30. The summed E-state index contributed by atoms with van der Waals surface area (Å²) in [7, 11) is 1.54. The van der Waals surface area contributed by atoms with Gasteiger partial charge in [-0.2, -0.15) is 0 Å². The van der Waals surface area contributed by atoms with Gasteiger partial charge in [0.15, 0.2) is 17.3 Å². The van der Waals surface area contributed by atoms with Gasteiger partial charge in [0.05, 0.1) is 19.0 Å². The van der Waals surface area contributed by atoms with Crippen molar-refractivity contribution in [2.75, 3.05) is 7.11 Å². The van der Waals surface area contributed by atoms with E-state index in [1.807, 2.05) is 6.92 Å². The molecule has 5 heteroatoms. The van der Waals surface area contributed by atoms with E-state index in [4.69, 9.17) is 9.47 Å². The number of carbonyl (C=O) groups is 1. The number of nitrogens with zero attached hydrogens (tertiary/aromatic N) is 2. The van der Waals surface area contributed by atoms with Gasteiger partial charge in [0.2, 0.25) is 0 Å². The molecule has 1 atom stereocenters. The van der Waals surface area contributed by atoms with Gasteiger partial charge in [0.25, 0.3) is 0 Å². The lowest BCUT2D eigenvalue weighted by atomic mass is 10.1. The normalized spacial score (nSPS) is 11.8. The molecule has 0 fully saturated rings. The molecule has 2 aromatic rings. The van der Waals surface area contributed by atoms with Crippen LogP contribution in [0, 0.1) is 0 Å². The summed E-state index contributed by atoms with van der Waals surface area (Å²) in [6.45, 7) is 3.39. The molecule has 0 saturated heterocycles. The van der Waals surface area contributed by atoms with E-state index in [-0.39, 0.29) is 11.9 Å². The highest BCUT2D eigenvalue weighted by atomic mass is 16.5. The van der Waals surface area contributed by atoms with Gasteiger partial charge in [-0.25, -0.2) is 0 Å². The van der Waals surface area contributed by atoms with Crippen LogP contribution in [0.2, 0.25) is 0 Å². The Balaban J connectivity index is 2.23. The van der Waals surface area contributed by atoms with Crippen molar-refractivity contribution in [2.24, 2.45) is 0 Å². The first-order chi connectivity index (χ1) is 9.61. The fourth-order valence-corrected chi connectivity index (χ4v) is 1.76. The van der Waals surface area contributed by atoms with Crippen LogP contribution in [0.25, 0.3) is 0 Å². The number of methoxy groups -OCH3 is 1. The van der Waals surface area contributed by atoms with Gasteiger partial charge in [-0.3, -0.25) is 14.8 Å². The van der Waals surface area contributed by atoms with E-state index in [1.54, 1.807) is 43.9 Å². The van der Waals surface area contributed by atoms with E-state index in [0.29, 0.717) is 17.1 Å². The minimum atomic E-state index is -0.263. The van der Waals surface area contributed by atoms with Crippen molar-refractivity contribution in [3.05, 3.63) is 48.0 Å². The van der Waals surface area contributed by atoms with Gasteiger partial charge in [0.1, 0.15) is 6.10 Å². The SMILES string of the molecule is COc1cc(C(C)=O)ccc1OC(C)c1cnccn1. The number of benzene rings is 1. The summed E-state index contributed by atoms with van der Waals surface area (Å²) in [5.74, 6) is 1.07. The Labute approximate surface area is 117 Å². The summed E-state index contributed by atoms with van der Waals surface area (Å²) >= 11 is 0. The third kappa shape index (κ3) is 3.12. The molecule has 1 aromatic carbocycles. The molecule has 20 heavy (non-hydrogen) atoms. The Morgan fingerprint density at radius 3 is 2.65 bits per heavy atom. The lowest BCUT2D eigenvalue weighted by Gasteiger charge is -2.16. The van der Waals surface area contributed by atoms with Crippen LogP contribution in [0.5, 0.6) is 11.5 Å². The summed E-state index contributed by atoms with van der Waals surface area (Å²) in [5, 5.41) is 0. The third-order valence-corrected chi connectivity index (χ3v) is 2.87. The molecule has 1 heterocycles. The Morgan fingerprint density at radius 1 is 1.25 bits per heavy atom. The number of Topliss-reactive ketones (excluding diaryl/α,β-unsaturated/α-hetero) is 1. The number of hydrogen-bond donors (Lipinski definition) is 0. The maximum Gasteiger partial charge on any atom is 0.162 e. The topological polar surface area (TPSA) is 61.3 Å². The van der Waals surface area contributed by atoms with Crippen LogP contribution in [-0.4, -0.2) is 22.9 Å². The lowest BCUT2D eigenvalue weighted by Crippen LogP contribution is -2.07. The van der Waals surface area contributed by atoms with E-state index in [1.165, 1.54) is 6.92 Å². The molecule has 0 aliphatic heterocycles. The van der Waals surface area contributed by atoms with Crippen LogP contribution in [0.15, 0.2) is 36.8 Å². The number of ketones is 1. The smallest absolute Gasteiger partial charge is 0.162 e. The van der Waals surface area contributed by atoms with Crippen molar-refractivity contribution < 1.29 is 14.3 Å². The molecule has 1 unspecified atom stereocenters. The number of ether oxygens (including phenoxy) is 2. The molecule has 2 rings (SSSR count). The van der Waals surface area contributed by atoms with E-state index in [0.717, 1.165) is 5.69 Å². The Morgan fingerprint density at radius 2 is 2.05 bits per heavy atom. The van der Waals surface area contributed by atoms with Gasteiger partial charge in [-0.15, -0.1) is 0 Å². The van der Waals surface area contributed by atoms with E-state index in [9.17, 15) is 4.79 Å². The molecule has 1 aromatic heterocycles. The lowest BCUT2D eigenvalue weighted by molar-refractivity contribution is 0.101. The molecule has 0 bridgehead atoms. The molecule has 0 spiro atoms. The molecule has 0 aliphatic carbocycles. The maximum absolute atomic E-state index is 11.4. The number of aromatic nitrogens is 2. The minimum Gasteiger partial charge on any atom is -0.493 e. The van der Waals surface area contributed by atoms with Gasteiger partial charge >= 0.3 is 0 Å². The second-order valence-corrected chi connectivity index (χ2v) is 4.31. The van der Waals surface area contributed by atoms with Crippen LogP contribution < -0.4 is 9.47 Å². The van der Waals surface area contributed by atoms with Gasteiger partial charge in [0, 0.05) is 18.0 Å². The second kappa shape index (κ2) is 6.14. The Bertz CT molecular complexity index is 599. The summed E-state index contributed by atoms with van der Waals surface area (Å²) in [6, 6.07) is 5.10. The van der Waals surface area contributed by atoms with Crippen LogP contribution >= 0.6 is 0 Å². The van der Waals surface area contributed by atoms with Crippen molar-refractivity contribution >= 4 is 5.78 Å². The molecule has 5 nitrogen and oxygen atoms in total. The molecule has 0 aliphatic rings. The molecule has 0 saturated carbocycles. The van der Waals surface area contributed by atoms with Gasteiger partial charge in [-0.05, 0) is 32.0 Å². The summed E-state index contributed by atoms with van der Waals surface area (Å²) in [4.78, 5) is 19.6. The first kappa shape index (κ1) is 14.0. The van der Waals surface area contributed by atoms with Crippen LogP contribution in [-0.2, 0) is 0 Å². The van der Waals surface area contributed by atoms with Crippen molar-refractivity contribution in [3.8, 4) is 11.5 Å². The number of carbonyl (C=O) groups excluding carboxylic acids is 1. The second-order valence-electron chi connectivity index (χ2n) is 4.31. The fourth-order valence-electron chi connectivity index (χ4n) is 1.76. The van der Waals surface area contributed by atoms with Gasteiger partial charge in [-0.1, -0.05) is 0 Å². The first-order valence-electron chi connectivity index (χ1n) is 6.23. The highest BCUT2D eigenvalue weighted by Gasteiger charge is 2.13. The summed E-state index contributed by atoms with van der Waals surface area (Å²) in [6.07, 6.45) is 4.62. The maximum atomic E-state index is 11.4. The van der Waals surface area contributed by atoms with E-state index < -0.39 is 0 Å². The van der Waals surface area contributed by atoms with Crippen molar-refractivity contribution in [1.82, 2.24) is 9.97 Å². The average molecular weight is 272 g/mol. The van der Waals surface area contributed by atoms with Crippen molar-refractivity contribution in [1.29, 1.82) is 0 Å². The van der Waals surface area contributed by atoms with Crippen LogP contribution in [0.4, 0.5) is 0 Å². The largest absolute Gasteiger partial charge is 0.493 e. The molecule has 0 radical (unpaired) electrons. The monoisotopic (exact) mass is 272 g/mol. The Hall–Kier alpha value is -2.43. The summed E-state index contributed by atoms with van der Waals surface area (Å²) in [5.41, 5.74) is 1.31. The minimum absolute atomic E-state index is 0.0168. The summed E-state index contributed by atoms with van der Waals surface area (Å²) < 4.78 is 11.1. The molecule has 104 valence electrons. The number of hydrogen-bond acceptors (Lipinski definition) is 5.